The summed E-state index contributed by atoms with van der Waals surface area (Å²) in [7, 11) is 1.48. The summed E-state index contributed by atoms with van der Waals surface area (Å²) in [5.74, 6) is -2.23. The molecule has 0 radical (unpaired) electrons. The molecular weight excluding hydrogens is 390 g/mol. The predicted octanol–water partition coefficient (Wildman–Crippen LogP) is 1.51. The van der Waals surface area contributed by atoms with Crippen molar-refractivity contribution in [1.82, 2.24) is 10.2 Å². The summed E-state index contributed by atoms with van der Waals surface area (Å²) in [5.41, 5.74) is 1.27. The number of amides is 5. The van der Waals surface area contributed by atoms with Crippen LogP contribution < -0.4 is 15.0 Å². The Labute approximate surface area is 172 Å². The van der Waals surface area contributed by atoms with E-state index in [1.807, 2.05) is 0 Å². The Morgan fingerprint density at radius 2 is 1.57 bits per heavy atom. The third kappa shape index (κ3) is 4.19. The van der Waals surface area contributed by atoms with Crippen LogP contribution in [0.15, 0.2) is 48.5 Å². The lowest BCUT2D eigenvalue weighted by molar-refractivity contribution is -0.139. The lowest BCUT2D eigenvalue weighted by Crippen LogP contribution is -2.37. The van der Waals surface area contributed by atoms with Crippen molar-refractivity contribution in [3.05, 3.63) is 59.7 Å². The molecule has 0 aliphatic carbocycles. The van der Waals surface area contributed by atoms with E-state index in [9.17, 15) is 24.0 Å². The zero-order valence-corrected chi connectivity index (χ0v) is 16.4. The van der Waals surface area contributed by atoms with Crippen molar-refractivity contribution in [3.63, 3.8) is 0 Å². The Morgan fingerprint density at radius 3 is 2.13 bits per heavy atom. The van der Waals surface area contributed by atoms with E-state index in [0.29, 0.717) is 17.2 Å². The highest BCUT2D eigenvalue weighted by molar-refractivity contribution is 6.53. The van der Waals surface area contributed by atoms with Gasteiger partial charge in [-0.15, -0.1) is 0 Å². The number of ether oxygens (including phenoxy) is 1. The molecular formula is C21H19N3O6. The predicted molar refractivity (Wildman–Crippen MR) is 106 cm³/mol. The minimum atomic E-state index is -1.06. The summed E-state index contributed by atoms with van der Waals surface area (Å²) >= 11 is 0. The van der Waals surface area contributed by atoms with Crippen LogP contribution in [0, 0.1) is 0 Å². The standard InChI is InChI=1S/C21H19N3O6/c1-13(25)22-11-14-3-5-15(6-4-14)18(26)12-23-19(27)20(28)24(21(23)29)16-7-9-17(30-2)10-8-16/h3-10H,11-12H2,1-2H3,(H,22,25). The van der Waals surface area contributed by atoms with Crippen LogP contribution in [-0.2, 0) is 20.9 Å². The Hall–Kier alpha value is -4.01. The number of hydrogen-bond acceptors (Lipinski definition) is 6. The van der Waals surface area contributed by atoms with Crippen LogP contribution in [0.4, 0.5) is 10.5 Å². The molecule has 1 aliphatic rings. The van der Waals surface area contributed by atoms with E-state index < -0.39 is 30.2 Å². The first-order valence-electron chi connectivity index (χ1n) is 9.02. The van der Waals surface area contributed by atoms with Crippen molar-refractivity contribution in [2.24, 2.45) is 0 Å². The molecule has 1 N–H and O–H groups in total. The second kappa shape index (κ2) is 8.56. The van der Waals surface area contributed by atoms with Gasteiger partial charge in [-0.1, -0.05) is 24.3 Å². The normalized spacial score (nSPS) is 13.6. The van der Waals surface area contributed by atoms with Crippen LogP contribution in [0.3, 0.4) is 0 Å². The summed E-state index contributed by atoms with van der Waals surface area (Å²) in [6.07, 6.45) is 0. The Morgan fingerprint density at radius 1 is 0.933 bits per heavy atom. The van der Waals surface area contributed by atoms with Gasteiger partial charge in [0.15, 0.2) is 5.78 Å². The summed E-state index contributed by atoms with van der Waals surface area (Å²) in [4.78, 5) is 62.1. The molecule has 0 atom stereocenters. The van der Waals surface area contributed by atoms with Crippen LogP contribution in [0.1, 0.15) is 22.8 Å². The number of benzene rings is 2. The van der Waals surface area contributed by atoms with Crippen molar-refractivity contribution in [1.29, 1.82) is 0 Å². The molecule has 0 aromatic heterocycles. The maximum absolute atomic E-state index is 12.6. The van der Waals surface area contributed by atoms with Gasteiger partial charge < -0.3 is 10.1 Å². The number of carbonyl (C=O) groups excluding carboxylic acids is 5. The van der Waals surface area contributed by atoms with Crippen molar-refractivity contribution in [3.8, 4) is 5.75 Å². The van der Waals surface area contributed by atoms with Crippen molar-refractivity contribution < 1.29 is 28.7 Å². The number of carbonyl (C=O) groups is 5. The average molecular weight is 409 g/mol. The molecule has 0 unspecified atom stereocenters. The fourth-order valence-electron chi connectivity index (χ4n) is 2.87. The second-order valence-electron chi connectivity index (χ2n) is 6.54. The zero-order chi connectivity index (χ0) is 21.8. The molecule has 1 aliphatic heterocycles. The Balaban J connectivity index is 1.72. The fraction of sp³-hybridized carbons (Fsp3) is 0.190. The van der Waals surface area contributed by atoms with Crippen molar-refractivity contribution in [2.75, 3.05) is 18.6 Å². The average Bonchev–Trinajstić information content (AvgIpc) is 2.95. The van der Waals surface area contributed by atoms with Gasteiger partial charge in [-0.05, 0) is 29.8 Å². The summed E-state index contributed by atoms with van der Waals surface area (Å²) in [6, 6.07) is 11.6. The van der Waals surface area contributed by atoms with E-state index in [-0.39, 0.29) is 17.2 Å². The number of hydrogen-bond donors (Lipinski definition) is 1. The quantitative estimate of drug-likeness (QED) is 0.421. The minimum Gasteiger partial charge on any atom is -0.497 e. The molecule has 9 nitrogen and oxygen atoms in total. The highest BCUT2D eigenvalue weighted by Crippen LogP contribution is 2.24. The number of nitrogens with zero attached hydrogens (tertiary/aromatic N) is 2. The molecule has 2 aromatic carbocycles. The topological polar surface area (TPSA) is 113 Å². The molecule has 2 aromatic rings. The molecule has 3 rings (SSSR count). The second-order valence-corrected chi connectivity index (χ2v) is 6.54. The Bertz CT molecular complexity index is 1010. The molecule has 0 bridgehead atoms. The lowest BCUT2D eigenvalue weighted by Gasteiger charge is -2.15. The first-order chi connectivity index (χ1) is 14.3. The first kappa shape index (κ1) is 20.7. The van der Waals surface area contributed by atoms with E-state index in [2.05, 4.69) is 5.32 Å². The third-order valence-corrected chi connectivity index (χ3v) is 4.50. The highest BCUT2D eigenvalue weighted by Gasteiger charge is 2.46. The number of urea groups is 1. The maximum Gasteiger partial charge on any atom is 0.339 e. The third-order valence-electron chi connectivity index (χ3n) is 4.50. The van der Waals surface area contributed by atoms with Crippen molar-refractivity contribution in [2.45, 2.75) is 13.5 Å². The largest absolute Gasteiger partial charge is 0.497 e. The fourth-order valence-corrected chi connectivity index (χ4v) is 2.87. The monoisotopic (exact) mass is 409 g/mol. The highest BCUT2D eigenvalue weighted by atomic mass is 16.5. The van der Waals surface area contributed by atoms with E-state index in [0.717, 1.165) is 10.5 Å². The van der Waals surface area contributed by atoms with Gasteiger partial charge in [0.05, 0.1) is 19.3 Å². The van der Waals surface area contributed by atoms with Crippen LogP contribution in [0.5, 0.6) is 5.75 Å². The molecule has 0 spiro atoms. The van der Waals surface area contributed by atoms with Gasteiger partial charge in [0.1, 0.15) is 5.75 Å². The number of nitrogens with one attached hydrogen (secondary N) is 1. The number of rotatable bonds is 7. The maximum atomic E-state index is 12.6. The first-order valence-corrected chi connectivity index (χ1v) is 9.02. The molecule has 30 heavy (non-hydrogen) atoms. The van der Waals surface area contributed by atoms with Crippen LogP contribution >= 0.6 is 0 Å². The van der Waals surface area contributed by atoms with E-state index in [1.54, 1.807) is 24.3 Å². The molecule has 1 saturated heterocycles. The molecule has 0 saturated carbocycles. The zero-order valence-electron chi connectivity index (χ0n) is 16.4. The number of anilines is 1. The smallest absolute Gasteiger partial charge is 0.339 e. The number of ketones is 1. The van der Waals surface area contributed by atoms with Crippen molar-refractivity contribution >= 4 is 35.2 Å². The number of imide groups is 2. The van der Waals surface area contributed by atoms with Gasteiger partial charge in [-0.25, -0.2) is 14.6 Å². The summed E-state index contributed by atoms with van der Waals surface area (Å²) in [6.45, 7) is 1.16. The van der Waals surface area contributed by atoms with Gasteiger partial charge >= 0.3 is 17.8 Å². The van der Waals surface area contributed by atoms with Crippen LogP contribution in [0.25, 0.3) is 0 Å². The molecule has 1 heterocycles. The number of methoxy groups -OCH3 is 1. The molecule has 5 amide bonds. The van der Waals surface area contributed by atoms with Crippen LogP contribution in [-0.4, -0.2) is 48.1 Å². The van der Waals surface area contributed by atoms with Gasteiger partial charge in [0, 0.05) is 19.0 Å². The number of Topliss-reactive ketones (excluding diaryl/α,β-unsaturated/α-hetero) is 1. The van der Waals surface area contributed by atoms with Gasteiger partial charge in [-0.3, -0.25) is 19.2 Å². The van der Waals surface area contributed by atoms with E-state index >= 15 is 0 Å². The minimum absolute atomic E-state index is 0.174. The van der Waals surface area contributed by atoms with Crippen LogP contribution in [0.2, 0.25) is 0 Å². The Kier molecular flexibility index (Phi) is 5.91. The van der Waals surface area contributed by atoms with Gasteiger partial charge in [0.25, 0.3) is 0 Å². The van der Waals surface area contributed by atoms with Gasteiger partial charge in [-0.2, -0.15) is 0 Å². The SMILES string of the molecule is COc1ccc(N2C(=O)C(=O)N(CC(=O)c3ccc(CNC(C)=O)cc3)C2=O)cc1. The summed E-state index contributed by atoms with van der Waals surface area (Å²) < 4.78 is 5.03. The molecule has 9 heteroatoms. The summed E-state index contributed by atoms with van der Waals surface area (Å²) in [5, 5.41) is 2.64. The van der Waals surface area contributed by atoms with E-state index in [4.69, 9.17) is 4.74 Å². The molecule has 1 fully saturated rings. The van der Waals surface area contributed by atoms with Gasteiger partial charge in [0.2, 0.25) is 5.91 Å². The lowest BCUT2D eigenvalue weighted by atomic mass is 10.1. The molecule has 154 valence electrons. The van der Waals surface area contributed by atoms with E-state index in [1.165, 1.54) is 38.3 Å².